The Balaban J connectivity index is 1.48. The van der Waals surface area contributed by atoms with Crippen molar-refractivity contribution >= 4 is 23.4 Å². The van der Waals surface area contributed by atoms with Gasteiger partial charge in [0.1, 0.15) is 5.82 Å². The van der Waals surface area contributed by atoms with E-state index >= 15 is 0 Å². The van der Waals surface area contributed by atoms with E-state index in [1.54, 1.807) is 0 Å². The molecule has 0 saturated carbocycles. The maximum atomic E-state index is 12.4. The molecule has 2 saturated heterocycles. The van der Waals surface area contributed by atoms with Gasteiger partial charge in [-0.3, -0.25) is 4.79 Å². The van der Waals surface area contributed by atoms with Crippen LogP contribution in [0.4, 0.5) is 17.5 Å². The van der Waals surface area contributed by atoms with Crippen molar-refractivity contribution in [2.24, 2.45) is 5.92 Å². The van der Waals surface area contributed by atoms with Crippen molar-refractivity contribution in [2.75, 3.05) is 35.2 Å². The van der Waals surface area contributed by atoms with Crippen molar-refractivity contribution in [3.05, 3.63) is 42.1 Å². The number of carbonyl (C=O) groups is 1. The molecule has 4 rings (SSSR count). The molecule has 2 aliphatic heterocycles. The molecule has 2 aliphatic rings. The maximum Gasteiger partial charge on any atom is 0.227 e. The van der Waals surface area contributed by atoms with E-state index in [-0.39, 0.29) is 11.8 Å². The number of nitrogen functional groups attached to an aromatic ring is 1. The first kappa shape index (κ1) is 15.9. The monoisotopic (exact) mass is 337 g/mol. The van der Waals surface area contributed by atoms with Gasteiger partial charge in [-0.15, -0.1) is 0 Å². The third-order valence-corrected chi connectivity index (χ3v) is 4.95. The van der Waals surface area contributed by atoms with Gasteiger partial charge in [0.05, 0.1) is 0 Å². The lowest BCUT2D eigenvalue weighted by atomic mass is 10.0. The van der Waals surface area contributed by atoms with Crippen molar-refractivity contribution in [3.8, 4) is 0 Å². The molecule has 1 atom stereocenters. The lowest BCUT2D eigenvalue weighted by Gasteiger charge is -2.18. The third kappa shape index (κ3) is 3.43. The number of hydrogen-bond donors (Lipinski definition) is 1. The number of para-hydroxylation sites is 1. The lowest BCUT2D eigenvalue weighted by molar-refractivity contribution is -0.117. The fourth-order valence-corrected chi connectivity index (χ4v) is 3.74. The molecule has 3 heterocycles. The average molecular weight is 337 g/mol. The molecule has 0 radical (unpaired) electrons. The summed E-state index contributed by atoms with van der Waals surface area (Å²) in [5.74, 6) is 1.68. The molecule has 6 nitrogen and oxygen atoms in total. The summed E-state index contributed by atoms with van der Waals surface area (Å²) in [7, 11) is 0. The van der Waals surface area contributed by atoms with Gasteiger partial charge in [0.25, 0.3) is 0 Å². The van der Waals surface area contributed by atoms with Crippen LogP contribution in [-0.2, 0) is 11.2 Å². The van der Waals surface area contributed by atoms with Crippen molar-refractivity contribution in [2.45, 2.75) is 25.7 Å². The summed E-state index contributed by atoms with van der Waals surface area (Å²) in [6.45, 7) is 2.71. The summed E-state index contributed by atoms with van der Waals surface area (Å²) < 4.78 is 0. The van der Waals surface area contributed by atoms with Gasteiger partial charge in [-0.25, -0.2) is 4.98 Å². The Hall–Kier alpha value is -2.63. The average Bonchev–Trinajstić information content (AvgIpc) is 3.25. The molecule has 1 aromatic heterocycles. The number of anilines is 3. The standard InChI is InChI=1S/C19H23N5O/c20-17-12-15(21-19(22-17)23-8-4-5-9-23)10-14-11-18(25)24(13-14)16-6-2-1-3-7-16/h1-3,6-7,12,14H,4-5,8-11,13H2,(H2,20,21,22). The van der Waals surface area contributed by atoms with Gasteiger partial charge in [0.15, 0.2) is 0 Å². The van der Waals surface area contributed by atoms with Crippen LogP contribution in [0.15, 0.2) is 36.4 Å². The first-order valence-corrected chi connectivity index (χ1v) is 8.93. The minimum atomic E-state index is 0.179. The van der Waals surface area contributed by atoms with Crippen LogP contribution in [0.1, 0.15) is 25.0 Å². The Morgan fingerprint density at radius 1 is 1.12 bits per heavy atom. The summed E-state index contributed by atoms with van der Waals surface area (Å²) in [6.07, 6.45) is 3.66. The van der Waals surface area contributed by atoms with E-state index in [4.69, 9.17) is 10.7 Å². The largest absolute Gasteiger partial charge is 0.384 e. The number of amides is 1. The fraction of sp³-hybridized carbons (Fsp3) is 0.421. The van der Waals surface area contributed by atoms with Crippen LogP contribution in [0.2, 0.25) is 0 Å². The second kappa shape index (κ2) is 6.70. The van der Waals surface area contributed by atoms with Crippen LogP contribution < -0.4 is 15.5 Å². The molecule has 2 fully saturated rings. The van der Waals surface area contributed by atoms with Crippen molar-refractivity contribution in [3.63, 3.8) is 0 Å². The smallest absolute Gasteiger partial charge is 0.227 e. The molecule has 2 aromatic rings. The molecule has 0 bridgehead atoms. The van der Waals surface area contributed by atoms with E-state index in [0.29, 0.717) is 12.2 Å². The summed E-state index contributed by atoms with van der Waals surface area (Å²) >= 11 is 0. The number of aromatic nitrogens is 2. The van der Waals surface area contributed by atoms with E-state index in [0.717, 1.165) is 43.4 Å². The quantitative estimate of drug-likeness (QED) is 0.926. The highest BCUT2D eigenvalue weighted by Gasteiger charge is 2.31. The fourth-order valence-electron chi connectivity index (χ4n) is 3.74. The topological polar surface area (TPSA) is 75.4 Å². The highest BCUT2D eigenvalue weighted by molar-refractivity contribution is 5.95. The normalized spacial score (nSPS) is 20.5. The number of nitrogens with two attached hydrogens (primary N) is 1. The molecule has 1 amide bonds. The minimum Gasteiger partial charge on any atom is -0.384 e. The van der Waals surface area contributed by atoms with E-state index in [9.17, 15) is 4.79 Å². The number of nitrogens with zero attached hydrogens (tertiary/aromatic N) is 4. The van der Waals surface area contributed by atoms with Gasteiger partial charge in [0, 0.05) is 43.5 Å². The van der Waals surface area contributed by atoms with Gasteiger partial charge in [-0.1, -0.05) is 18.2 Å². The highest BCUT2D eigenvalue weighted by atomic mass is 16.2. The first-order chi connectivity index (χ1) is 12.2. The first-order valence-electron chi connectivity index (χ1n) is 8.93. The van der Waals surface area contributed by atoms with Crippen LogP contribution >= 0.6 is 0 Å². The zero-order valence-corrected chi connectivity index (χ0v) is 14.3. The Bertz CT molecular complexity index is 758. The Morgan fingerprint density at radius 3 is 2.64 bits per heavy atom. The molecular formula is C19H23N5O. The highest BCUT2D eigenvalue weighted by Crippen LogP contribution is 2.27. The van der Waals surface area contributed by atoms with E-state index in [2.05, 4.69) is 9.88 Å². The minimum absolute atomic E-state index is 0.179. The van der Waals surface area contributed by atoms with Crippen LogP contribution in [0.25, 0.3) is 0 Å². The van der Waals surface area contributed by atoms with Crippen molar-refractivity contribution < 1.29 is 4.79 Å². The molecule has 6 heteroatoms. The van der Waals surface area contributed by atoms with Gasteiger partial charge in [-0.05, 0) is 37.3 Å². The molecule has 25 heavy (non-hydrogen) atoms. The summed E-state index contributed by atoms with van der Waals surface area (Å²) in [6, 6.07) is 11.7. The summed E-state index contributed by atoms with van der Waals surface area (Å²) in [4.78, 5) is 25.5. The molecule has 0 aliphatic carbocycles. The zero-order chi connectivity index (χ0) is 17.2. The van der Waals surface area contributed by atoms with Gasteiger partial charge in [0.2, 0.25) is 11.9 Å². The van der Waals surface area contributed by atoms with E-state index in [1.165, 1.54) is 12.8 Å². The maximum absolute atomic E-state index is 12.4. The molecule has 2 N–H and O–H groups in total. The van der Waals surface area contributed by atoms with Crippen LogP contribution in [0, 0.1) is 5.92 Å². The van der Waals surface area contributed by atoms with Gasteiger partial charge in [-0.2, -0.15) is 4.98 Å². The number of benzene rings is 1. The molecular weight excluding hydrogens is 314 g/mol. The van der Waals surface area contributed by atoms with Crippen LogP contribution in [0.5, 0.6) is 0 Å². The van der Waals surface area contributed by atoms with Gasteiger partial charge >= 0.3 is 0 Å². The van der Waals surface area contributed by atoms with E-state index in [1.807, 2.05) is 41.3 Å². The predicted molar refractivity (Wildman–Crippen MR) is 98.5 cm³/mol. The number of hydrogen-bond acceptors (Lipinski definition) is 5. The third-order valence-electron chi connectivity index (χ3n) is 4.95. The number of carbonyl (C=O) groups excluding carboxylic acids is 1. The Morgan fingerprint density at radius 2 is 1.88 bits per heavy atom. The zero-order valence-electron chi connectivity index (χ0n) is 14.3. The molecule has 0 spiro atoms. The SMILES string of the molecule is Nc1cc(CC2CC(=O)N(c3ccccc3)C2)nc(N2CCCC2)n1. The van der Waals surface area contributed by atoms with Crippen LogP contribution in [-0.4, -0.2) is 35.5 Å². The van der Waals surface area contributed by atoms with Crippen molar-refractivity contribution in [1.29, 1.82) is 0 Å². The lowest BCUT2D eigenvalue weighted by Crippen LogP contribution is -2.24. The van der Waals surface area contributed by atoms with E-state index < -0.39 is 0 Å². The molecule has 1 aromatic carbocycles. The number of rotatable bonds is 4. The second-order valence-electron chi connectivity index (χ2n) is 6.89. The molecule has 1 unspecified atom stereocenters. The van der Waals surface area contributed by atoms with Crippen LogP contribution in [0.3, 0.4) is 0 Å². The second-order valence-corrected chi connectivity index (χ2v) is 6.89. The Labute approximate surface area is 147 Å². The summed E-state index contributed by atoms with van der Waals surface area (Å²) in [5, 5.41) is 0. The summed E-state index contributed by atoms with van der Waals surface area (Å²) in [5.41, 5.74) is 7.89. The van der Waals surface area contributed by atoms with Gasteiger partial charge < -0.3 is 15.5 Å². The Kier molecular flexibility index (Phi) is 4.26. The predicted octanol–water partition coefficient (Wildman–Crippen LogP) is 2.25. The van der Waals surface area contributed by atoms with Crippen molar-refractivity contribution in [1.82, 2.24) is 9.97 Å². The molecule has 130 valence electrons.